The van der Waals surface area contributed by atoms with Gasteiger partial charge in [-0.15, -0.1) is 0 Å². The van der Waals surface area contributed by atoms with Crippen LogP contribution in [0.25, 0.3) is 5.65 Å². The van der Waals surface area contributed by atoms with Gasteiger partial charge in [-0.05, 0) is 50.0 Å². The average molecular weight is 455 g/mol. The van der Waals surface area contributed by atoms with Gasteiger partial charge in [-0.3, -0.25) is 9.38 Å². The second-order valence-corrected chi connectivity index (χ2v) is 10.7. The number of piperidine rings is 1. The highest BCUT2D eigenvalue weighted by atomic mass is 35.5. The van der Waals surface area contributed by atoms with Crippen molar-refractivity contribution in [2.75, 3.05) is 18.0 Å². The number of halogens is 1. The quantitative estimate of drug-likeness (QED) is 0.604. The highest BCUT2D eigenvalue weighted by molar-refractivity contribution is 7.99. The Bertz CT molecular complexity index is 1120. The van der Waals surface area contributed by atoms with Crippen molar-refractivity contribution in [3.05, 3.63) is 41.6 Å². The van der Waals surface area contributed by atoms with E-state index >= 15 is 0 Å². The normalized spacial score (nSPS) is 23.2. The van der Waals surface area contributed by atoms with Crippen LogP contribution in [0.1, 0.15) is 56.6 Å². The van der Waals surface area contributed by atoms with E-state index in [1.54, 1.807) is 11.8 Å². The maximum Gasteiger partial charge on any atom is 0.211 e. The minimum Gasteiger partial charge on any atom is -0.342 e. The van der Waals surface area contributed by atoms with Gasteiger partial charge >= 0.3 is 0 Å². The van der Waals surface area contributed by atoms with E-state index < -0.39 is 0 Å². The lowest BCUT2D eigenvalue weighted by Crippen LogP contribution is -2.47. The minimum absolute atomic E-state index is 0.345. The summed E-state index contributed by atoms with van der Waals surface area (Å²) in [6.07, 6.45) is 16.1. The van der Waals surface area contributed by atoms with E-state index in [-0.39, 0.29) is 0 Å². The molecule has 3 aromatic heterocycles. The molecule has 2 N–H and O–H groups in total. The number of aromatic nitrogens is 4. The van der Waals surface area contributed by atoms with Gasteiger partial charge in [-0.1, -0.05) is 29.8 Å². The van der Waals surface area contributed by atoms with Crippen LogP contribution in [0.15, 0.2) is 40.6 Å². The molecule has 31 heavy (non-hydrogen) atoms. The highest BCUT2D eigenvalue weighted by Crippen LogP contribution is 2.47. The monoisotopic (exact) mass is 454 g/mol. The van der Waals surface area contributed by atoms with E-state index in [1.165, 1.54) is 32.1 Å². The van der Waals surface area contributed by atoms with Gasteiger partial charge in [0.15, 0.2) is 5.65 Å². The molecule has 162 valence electrons. The van der Waals surface area contributed by atoms with Crippen molar-refractivity contribution in [1.82, 2.24) is 19.4 Å². The summed E-state index contributed by atoms with van der Waals surface area (Å²) in [6, 6.07) is 2.35. The Morgan fingerprint density at radius 3 is 2.61 bits per heavy atom. The van der Waals surface area contributed by atoms with Gasteiger partial charge < -0.3 is 10.6 Å². The molecule has 2 aliphatic carbocycles. The third kappa shape index (κ3) is 3.41. The first kappa shape index (κ1) is 19.8. The molecule has 0 bridgehead atoms. The fourth-order valence-electron chi connectivity index (χ4n) is 5.41. The van der Waals surface area contributed by atoms with Crippen molar-refractivity contribution in [2.45, 2.75) is 66.7 Å². The number of fused-ring (bicyclic) bond motifs is 1. The predicted molar refractivity (Wildman–Crippen MR) is 124 cm³/mol. The van der Waals surface area contributed by atoms with E-state index in [1.807, 2.05) is 30.9 Å². The molecular weight excluding hydrogens is 428 g/mol. The SMILES string of the molecule is N[C@H]1CCCC12CCN(c1ncc(Sc3ccnc(C4CC4)c3Cl)c3nccn13)CC2. The Morgan fingerprint density at radius 1 is 1.03 bits per heavy atom. The summed E-state index contributed by atoms with van der Waals surface area (Å²) in [6.45, 7) is 2.00. The van der Waals surface area contributed by atoms with Gasteiger partial charge in [0.25, 0.3) is 0 Å². The van der Waals surface area contributed by atoms with Crippen molar-refractivity contribution in [3.63, 3.8) is 0 Å². The van der Waals surface area contributed by atoms with Crippen LogP contribution in [0.3, 0.4) is 0 Å². The number of rotatable bonds is 4. The molecule has 3 aliphatic rings. The zero-order valence-electron chi connectivity index (χ0n) is 17.5. The second kappa shape index (κ2) is 7.64. The molecule has 8 heteroatoms. The Balaban J connectivity index is 1.27. The first-order valence-electron chi connectivity index (χ1n) is 11.3. The van der Waals surface area contributed by atoms with Crippen LogP contribution in [0, 0.1) is 5.41 Å². The molecule has 2 saturated carbocycles. The number of pyridine rings is 1. The molecule has 1 aliphatic heterocycles. The Labute approximate surface area is 191 Å². The second-order valence-electron chi connectivity index (χ2n) is 9.28. The van der Waals surface area contributed by atoms with Gasteiger partial charge in [0, 0.05) is 54.7 Å². The maximum absolute atomic E-state index is 6.69. The van der Waals surface area contributed by atoms with E-state index in [4.69, 9.17) is 22.3 Å². The number of hydrogen-bond donors (Lipinski definition) is 1. The van der Waals surface area contributed by atoms with Crippen LogP contribution in [0.4, 0.5) is 5.95 Å². The van der Waals surface area contributed by atoms with Gasteiger partial charge in [0.1, 0.15) is 0 Å². The smallest absolute Gasteiger partial charge is 0.211 e. The standard InChI is InChI=1S/C23H27ClN6S/c24-19-16(5-9-26-20(19)15-3-4-15)31-17-14-28-22(30-13-10-27-21(17)30)29-11-7-23(8-12-29)6-1-2-18(23)25/h5,9-10,13-15,18H,1-4,6-8,11-12,25H2/t18-/m0/s1. The van der Waals surface area contributed by atoms with Gasteiger partial charge in [-0.25, -0.2) is 9.97 Å². The molecule has 0 amide bonds. The molecule has 3 aromatic rings. The van der Waals surface area contributed by atoms with Crippen LogP contribution in [0.5, 0.6) is 0 Å². The van der Waals surface area contributed by atoms with Crippen LogP contribution in [-0.2, 0) is 0 Å². The largest absolute Gasteiger partial charge is 0.342 e. The minimum atomic E-state index is 0.345. The van der Waals surface area contributed by atoms with Crippen molar-refractivity contribution >= 4 is 35.0 Å². The number of anilines is 1. The van der Waals surface area contributed by atoms with E-state index in [9.17, 15) is 0 Å². The maximum atomic E-state index is 6.69. The van der Waals surface area contributed by atoms with Crippen molar-refractivity contribution in [3.8, 4) is 0 Å². The molecule has 1 spiro atoms. The average Bonchev–Trinajstić information content (AvgIpc) is 3.40. The first-order chi connectivity index (χ1) is 15.1. The van der Waals surface area contributed by atoms with Gasteiger partial charge in [0.05, 0.1) is 15.6 Å². The molecule has 6 rings (SSSR count). The molecule has 0 unspecified atom stereocenters. The first-order valence-corrected chi connectivity index (χ1v) is 12.5. The number of imidazole rings is 1. The molecule has 0 aromatic carbocycles. The molecule has 0 radical (unpaired) electrons. The third-order valence-corrected chi connectivity index (χ3v) is 9.03. The van der Waals surface area contributed by atoms with Crippen molar-refractivity contribution in [1.29, 1.82) is 0 Å². The predicted octanol–water partition coefficient (Wildman–Crippen LogP) is 4.90. The lowest BCUT2D eigenvalue weighted by molar-refractivity contribution is 0.197. The summed E-state index contributed by atoms with van der Waals surface area (Å²) in [5.41, 5.74) is 8.77. The molecule has 3 fully saturated rings. The summed E-state index contributed by atoms with van der Waals surface area (Å²) in [4.78, 5) is 18.5. The van der Waals surface area contributed by atoms with Gasteiger partial charge in [0.2, 0.25) is 5.95 Å². The fraction of sp³-hybridized carbons (Fsp3) is 0.522. The zero-order valence-corrected chi connectivity index (χ0v) is 19.1. The fourth-order valence-corrected chi connectivity index (χ4v) is 6.70. The van der Waals surface area contributed by atoms with Gasteiger partial charge in [-0.2, -0.15) is 0 Å². The lowest BCUT2D eigenvalue weighted by Gasteiger charge is -2.42. The van der Waals surface area contributed by atoms with E-state index in [0.29, 0.717) is 17.4 Å². The third-order valence-electron chi connectivity index (χ3n) is 7.46. The molecule has 6 nitrogen and oxygen atoms in total. The van der Waals surface area contributed by atoms with Crippen LogP contribution >= 0.6 is 23.4 Å². The van der Waals surface area contributed by atoms with E-state index in [0.717, 1.165) is 58.0 Å². The molecule has 4 heterocycles. The molecule has 1 saturated heterocycles. The van der Waals surface area contributed by atoms with Crippen LogP contribution in [0.2, 0.25) is 5.02 Å². The summed E-state index contributed by atoms with van der Waals surface area (Å²) in [5, 5.41) is 0.776. The zero-order chi connectivity index (χ0) is 21.0. The number of nitrogens with two attached hydrogens (primary N) is 1. The molecule has 1 atom stereocenters. The lowest BCUT2D eigenvalue weighted by atomic mass is 9.74. The van der Waals surface area contributed by atoms with Crippen molar-refractivity contribution < 1.29 is 0 Å². The topological polar surface area (TPSA) is 72.3 Å². The van der Waals surface area contributed by atoms with Crippen LogP contribution < -0.4 is 10.6 Å². The van der Waals surface area contributed by atoms with Crippen molar-refractivity contribution in [2.24, 2.45) is 11.1 Å². The summed E-state index contributed by atoms with van der Waals surface area (Å²) in [7, 11) is 0. The summed E-state index contributed by atoms with van der Waals surface area (Å²) >= 11 is 8.32. The summed E-state index contributed by atoms with van der Waals surface area (Å²) < 4.78 is 2.12. The van der Waals surface area contributed by atoms with Crippen LogP contribution in [-0.4, -0.2) is 38.5 Å². The Hall–Kier alpha value is -1.83. The number of nitrogens with zero attached hydrogens (tertiary/aromatic N) is 5. The molecular formula is C23H27ClN6S. The summed E-state index contributed by atoms with van der Waals surface area (Å²) in [5.74, 6) is 1.49. The Kier molecular flexibility index (Phi) is 4.89. The van der Waals surface area contributed by atoms with E-state index in [2.05, 4.69) is 19.3 Å². The Morgan fingerprint density at radius 2 is 1.87 bits per heavy atom. The highest BCUT2D eigenvalue weighted by Gasteiger charge is 2.43. The number of hydrogen-bond acceptors (Lipinski definition) is 6.